The molecule has 1 aromatic rings. The Bertz CT molecular complexity index is 411. The molecule has 0 spiro atoms. The third-order valence-corrected chi connectivity index (χ3v) is 2.39. The second-order valence-electron chi connectivity index (χ2n) is 4.21. The summed E-state index contributed by atoms with van der Waals surface area (Å²) in [6, 6.07) is 1.32. The maximum Gasteiger partial charge on any atom is 0.336 e. The van der Waals surface area contributed by atoms with Crippen molar-refractivity contribution in [2.24, 2.45) is 0 Å². The lowest BCUT2D eigenvalue weighted by Crippen LogP contribution is -2.18. The fourth-order valence-electron chi connectivity index (χ4n) is 1.37. The zero-order chi connectivity index (χ0) is 11.8. The molecule has 1 N–H and O–H groups in total. The molecule has 0 atom stereocenters. The van der Waals surface area contributed by atoms with Crippen LogP contribution in [0.5, 0.6) is 0 Å². The quantitative estimate of drug-likeness (QED) is 0.775. The maximum absolute atomic E-state index is 11.0. The molecule has 0 aliphatic heterocycles. The lowest BCUT2D eigenvalue weighted by atomic mass is 9.85. The SMILES string of the molecule is CC(C)(C)c1c(C(=O)O)cc(Cl)nc1Cl. The van der Waals surface area contributed by atoms with Gasteiger partial charge in [0.2, 0.25) is 0 Å². The van der Waals surface area contributed by atoms with Gasteiger partial charge in [-0.15, -0.1) is 0 Å². The Kier molecular flexibility index (Phi) is 3.26. The summed E-state index contributed by atoms with van der Waals surface area (Å²) < 4.78 is 0. The lowest BCUT2D eigenvalue weighted by Gasteiger charge is -2.22. The van der Waals surface area contributed by atoms with Crippen molar-refractivity contribution < 1.29 is 9.90 Å². The second-order valence-corrected chi connectivity index (χ2v) is 4.96. The predicted octanol–water partition coefficient (Wildman–Crippen LogP) is 3.38. The summed E-state index contributed by atoms with van der Waals surface area (Å²) in [6.45, 7) is 5.61. The van der Waals surface area contributed by atoms with Crippen molar-refractivity contribution >= 4 is 29.2 Å². The highest BCUT2D eigenvalue weighted by Gasteiger charge is 2.26. The van der Waals surface area contributed by atoms with Gasteiger partial charge >= 0.3 is 5.97 Å². The van der Waals surface area contributed by atoms with Gasteiger partial charge in [0.25, 0.3) is 0 Å². The van der Waals surface area contributed by atoms with Gasteiger partial charge in [0.15, 0.2) is 0 Å². The van der Waals surface area contributed by atoms with E-state index < -0.39 is 5.97 Å². The first-order chi connectivity index (χ1) is 6.73. The number of aromatic nitrogens is 1. The average molecular weight is 248 g/mol. The van der Waals surface area contributed by atoms with E-state index >= 15 is 0 Å². The standard InChI is InChI=1S/C10H11Cl2NO2/c1-10(2,3)7-5(9(14)15)4-6(11)13-8(7)12/h4H,1-3H3,(H,14,15). The van der Waals surface area contributed by atoms with E-state index in [0.717, 1.165) is 0 Å². The van der Waals surface area contributed by atoms with E-state index in [1.165, 1.54) is 6.07 Å². The number of aromatic carboxylic acids is 1. The molecular formula is C10H11Cl2NO2. The van der Waals surface area contributed by atoms with Gasteiger partial charge < -0.3 is 5.11 Å². The number of carbonyl (C=O) groups is 1. The van der Waals surface area contributed by atoms with Crippen molar-refractivity contribution in [2.75, 3.05) is 0 Å². The number of pyridine rings is 1. The summed E-state index contributed by atoms with van der Waals surface area (Å²) in [4.78, 5) is 14.9. The van der Waals surface area contributed by atoms with E-state index in [1.54, 1.807) is 0 Å². The molecule has 1 rings (SSSR count). The van der Waals surface area contributed by atoms with Crippen LogP contribution in [0.3, 0.4) is 0 Å². The summed E-state index contributed by atoms with van der Waals surface area (Å²) in [5, 5.41) is 9.27. The highest BCUT2D eigenvalue weighted by Crippen LogP contribution is 2.32. The molecule has 0 bridgehead atoms. The summed E-state index contributed by atoms with van der Waals surface area (Å²) in [5.74, 6) is -1.05. The van der Waals surface area contributed by atoms with E-state index in [0.29, 0.717) is 5.56 Å². The Balaban J connectivity index is 3.55. The molecule has 15 heavy (non-hydrogen) atoms. The number of carboxylic acid groups (broad SMARTS) is 1. The molecule has 1 heterocycles. The van der Waals surface area contributed by atoms with Crippen LogP contribution in [0.15, 0.2) is 6.07 Å². The number of halogens is 2. The van der Waals surface area contributed by atoms with Crippen LogP contribution in [0.2, 0.25) is 10.3 Å². The summed E-state index contributed by atoms with van der Waals surface area (Å²) in [5.41, 5.74) is 0.219. The number of nitrogens with zero attached hydrogens (tertiary/aromatic N) is 1. The van der Waals surface area contributed by atoms with Crippen molar-refractivity contribution in [2.45, 2.75) is 26.2 Å². The van der Waals surface area contributed by atoms with Crippen LogP contribution in [0, 0.1) is 0 Å². The minimum absolute atomic E-state index is 0.0883. The van der Waals surface area contributed by atoms with Crippen LogP contribution in [-0.4, -0.2) is 16.1 Å². The summed E-state index contributed by atoms with van der Waals surface area (Å²) >= 11 is 11.6. The van der Waals surface area contributed by atoms with E-state index in [1.807, 2.05) is 20.8 Å². The van der Waals surface area contributed by atoms with Crippen LogP contribution in [0.25, 0.3) is 0 Å². The van der Waals surface area contributed by atoms with Crippen LogP contribution in [0.4, 0.5) is 0 Å². The molecule has 1 aromatic heterocycles. The molecule has 3 nitrogen and oxygen atoms in total. The zero-order valence-corrected chi connectivity index (χ0v) is 10.1. The third-order valence-electron chi connectivity index (χ3n) is 1.92. The predicted molar refractivity (Wildman–Crippen MR) is 59.9 cm³/mol. The topological polar surface area (TPSA) is 50.2 Å². The smallest absolute Gasteiger partial charge is 0.336 e. The van der Waals surface area contributed by atoms with Gasteiger partial charge in [-0.3, -0.25) is 0 Å². The maximum atomic E-state index is 11.0. The molecule has 0 unspecified atom stereocenters. The minimum atomic E-state index is -1.05. The van der Waals surface area contributed by atoms with Crippen LogP contribution < -0.4 is 0 Å². The molecule has 0 saturated carbocycles. The van der Waals surface area contributed by atoms with Crippen LogP contribution >= 0.6 is 23.2 Å². The van der Waals surface area contributed by atoms with Gasteiger partial charge in [-0.2, -0.15) is 0 Å². The fourth-order valence-corrected chi connectivity index (χ4v) is 2.08. The van der Waals surface area contributed by atoms with Crippen molar-refractivity contribution in [3.63, 3.8) is 0 Å². The molecular weight excluding hydrogens is 237 g/mol. The highest BCUT2D eigenvalue weighted by molar-refractivity contribution is 6.33. The first-order valence-electron chi connectivity index (χ1n) is 4.33. The van der Waals surface area contributed by atoms with Crippen molar-refractivity contribution in [3.8, 4) is 0 Å². The Morgan fingerprint density at radius 3 is 2.33 bits per heavy atom. The molecule has 0 aliphatic carbocycles. The normalized spacial score (nSPS) is 11.5. The van der Waals surface area contributed by atoms with Crippen LogP contribution in [0.1, 0.15) is 36.7 Å². The van der Waals surface area contributed by atoms with Crippen molar-refractivity contribution in [1.29, 1.82) is 0 Å². The Labute approximate surface area is 98.0 Å². The fraction of sp³-hybridized carbons (Fsp3) is 0.400. The summed E-state index contributed by atoms with van der Waals surface area (Å²) in [6.07, 6.45) is 0. The molecule has 0 aliphatic rings. The van der Waals surface area contributed by atoms with Gasteiger partial charge in [-0.05, 0) is 11.5 Å². The molecule has 5 heteroatoms. The Morgan fingerprint density at radius 2 is 1.93 bits per heavy atom. The molecule has 0 aromatic carbocycles. The number of carboxylic acids is 1. The molecule has 0 saturated heterocycles. The van der Waals surface area contributed by atoms with Gasteiger partial charge in [0.1, 0.15) is 10.3 Å². The van der Waals surface area contributed by atoms with Gasteiger partial charge in [-0.25, -0.2) is 9.78 Å². The van der Waals surface area contributed by atoms with Gasteiger partial charge in [-0.1, -0.05) is 44.0 Å². The largest absolute Gasteiger partial charge is 0.478 e. The molecule has 0 fully saturated rings. The van der Waals surface area contributed by atoms with Gasteiger partial charge in [0.05, 0.1) is 5.56 Å². The van der Waals surface area contributed by atoms with E-state index in [2.05, 4.69) is 4.98 Å². The second kappa shape index (κ2) is 3.99. The Morgan fingerprint density at radius 1 is 1.40 bits per heavy atom. The van der Waals surface area contributed by atoms with E-state index in [-0.39, 0.29) is 21.3 Å². The van der Waals surface area contributed by atoms with E-state index in [9.17, 15) is 4.79 Å². The zero-order valence-electron chi connectivity index (χ0n) is 8.64. The van der Waals surface area contributed by atoms with E-state index in [4.69, 9.17) is 28.3 Å². The first kappa shape index (κ1) is 12.3. The Hall–Kier alpha value is -0.800. The third kappa shape index (κ3) is 2.61. The average Bonchev–Trinajstić information content (AvgIpc) is 1.99. The minimum Gasteiger partial charge on any atom is -0.478 e. The number of hydrogen-bond donors (Lipinski definition) is 1. The van der Waals surface area contributed by atoms with Crippen LogP contribution in [-0.2, 0) is 5.41 Å². The van der Waals surface area contributed by atoms with Gasteiger partial charge in [0, 0.05) is 5.56 Å². The van der Waals surface area contributed by atoms with Crippen molar-refractivity contribution in [3.05, 3.63) is 27.5 Å². The monoisotopic (exact) mass is 247 g/mol. The number of rotatable bonds is 1. The first-order valence-corrected chi connectivity index (χ1v) is 5.09. The highest BCUT2D eigenvalue weighted by atomic mass is 35.5. The lowest BCUT2D eigenvalue weighted by molar-refractivity contribution is 0.0694. The van der Waals surface area contributed by atoms with Crippen molar-refractivity contribution in [1.82, 2.24) is 4.98 Å². The molecule has 0 amide bonds. The summed E-state index contributed by atoms with van der Waals surface area (Å²) in [7, 11) is 0. The molecule has 82 valence electrons. The number of hydrogen-bond acceptors (Lipinski definition) is 2. The molecule has 0 radical (unpaired) electrons.